The molecule has 2 N–H and O–H groups in total. The number of piperidine rings is 1. The van der Waals surface area contributed by atoms with E-state index in [4.69, 9.17) is 0 Å². The maximum atomic E-state index is 12.7. The minimum atomic E-state index is -4.41. The SMILES string of the molecule is O=C(Nc1cccc(C(F)(F)F)c1)N1CCC(NCC2CC2)CC1. The van der Waals surface area contributed by atoms with Gasteiger partial charge in [0.25, 0.3) is 0 Å². The van der Waals surface area contributed by atoms with Crippen LogP contribution in [0.1, 0.15) is 31.2 Å². The summed E-state index contributed by atoms with van der Waals surface area (Å²) >= 11 is 0. The summed E-state index contributed by atoms with van der Waals surface area (Å²) < 4.78 is 38.1. The predicted molar refractivity (Wildman–Crippen MR) is 85.8 cm³/mol. The van der Waals surface area contributed by atoms with Gasteiger partial charge in [0, 0.05) is 24.8 Å². The molecule has 0 spiro atoms. The van der Waals surface area contributed by atoms with Crippen LogP contribution in [0.5, 0.6) is 0 Å². The highest BCUT2D eigenvalue weighted by Gasteiger charge is 2.31. The molecule has 24 heavy (non-hydrogen) atoms. The Morgan fingerprint density at radius 2 is 1.88 bits per heavy atom. The molecule has 1 aliphatic carbocycles. The number of benzene rings is 1. The maximum Gasteiger partial charge on any atom is 0.416 e. The van der Waals surface area contributed by atoms with Gasteiger partial charge in [-0.3, -0.25) is 0 Å². The summed E-state index contributed by atoms with van der Waals surface area (Å²) in [4.78, 5) is 13.9. The summed E-state index contributed by atoms with van der Waals surface area (Å²) in [6.07, 6.45) is -0.0335. The normalized spacial score (nSPS) is 19.4. The van der Waals surface area contributed by atoms with E-state index in [9.17, 15) is 18.0 Å². The Hall–Kier alpha value is -1.76. The average molecular weight is 341 g/mol. The highest BCUT2D eigenvalue weighted by atomic mass is 19.4. The fourth-order valence-electron chi connectivity index (χ4n) is 2.92. The summed E-state index contributed by atoms with van der Waals surface area (Å²) in [7, 11) is 0. The van der Waals surface area contributed by atoms with Gasteiger partial charge >= 0.3 is 12.2 Å². The third-order valence-corrected chi connectivity index (χ3v) is 4.62. The molecular weight excluding hydrogens is 319 g/mol. The smallest absolute Gasteiger partial charge is 0.324 e. The maximum absolute atomic E-state index is 12.7. The van der Waals surface area contributed by atoms with Crippen LogP contribution in [-0.2, 0) is 6.18 Å². The Balaban J connectivity index is 1.48. The highest BCUT2D eigenvalue weighted by Crippen LogP contribution is 2.31. The van der Waals surface area contributed by atoms with Crippen LogP contribution in [0.15, 0.2) is 24.3 Å². The Morgan fingerprint density at radius 3 is 2.50 bits per heavy atom. The molecule has 1 aromatic rings. The number of anilines is 1. The molecule has 3 rings (SSSR count). The first-order valence-corrected chi connectivity index (χ1v) is 8.38. The second-order valence-corrected chi connectivity index (χ2v) is 6.62. The van der Waals surface area contributed by atoms with Gasteiger partial charge in [0.05, 0.1) is 5.56 Å². The van der Waals surface area contributed by atoms with Crippen molar-refractivity contribution in [1.82, 2.24) is 10.2 Å². The van der Waals surface area contributed by atoms with E-state index in [1.54, 1.807) is 4.90 Å². The summed E-state index contributed by atoms with van der Waals surface area (Å²) in [5.74, 6) is 0.826. The van der Waals surface area contributed by atoms with Crippen molar-refractivity contribution in [2.24, 2.45) is 5.92 Å². The minimum Gasteiger partial charge on any atom is -0.324 e. The Bertz CT molecular complexity index is 579. The van der Waals surface area contributed by atoms with Gasteiger partial charge in [-0.05, 0) is 56.3 Å². The third-order valence-electron chi connectivity index (χ3n) is 4.62. The first kappa shape index (κ1) is 17.1. The monoisotopic (exact) mass is 341 g/mol. The largest absolute Gasteiger partial charge is 0.416 e. The third kappa shape index (κ3) is 4.63. The van der Waals surface area contributed by atoms with E-state index in [1.807, 2.05) is 0 Å². The molecule has 1 aliphatic heterocycles. The number of halogens is 3. The molecule has 2 aliphatic rings. The van der Waals surface area contributed by atoms with E-state index in [-0.39, 0.29) is 11.7 Å². The number of carbonyl (C=O) groups excluding carboxylic acids is 1. The molecule has 0 radical (unpaired) electrons. The highest BCUT2D eigenvalue weighted by molar-refractivity contribution is 5.89. The van der Waals surface area contributed by atoms with Gasteiger partial charge < -0.3 is 15.5 Å². The Morgan fingerprint density at radius 1 is 1.17 bits per heavy atom. The van der Waals surface area contributed by atoms with Crippen LogP contribution in [0, 0.1) is 5.92 Å². The van der Waals surface area contributed by atoms with Crippen molar-refractivity contribution in [3.8, 4) is 0 Å². The number of alkyl halides is 3. The van der Waals surface area contributed by atoms with E-state index in [1.165, 1.54) is 25.0 Å². The fourth-order valence-corrected chi connectivity index (χ4v) is 2.92. The standard InChI is InChI=1S/C17H22F3N3O/c18-17(19,20)13-2-1-3-15(10-13)22-16(24)23-8-6-14(7-9-23)21-11-12-4-5-12/h1-3,10,12,14,21H,4-9,11H2,(H,22,24). The summed E-state index contributed by atoms with van der Waals surface area (Å²) in [5, 5.41) is 6.10. The molecule has 4 nitrogen and oxygen atoms in total. The number of likely N-dealkylation sites (tertiary alicyclic amines) is 1. The molecule has 0 atom stereocenters. The number of hydrogen-bond acceptors (Lipinski definition) is 2. The van der Waals surface area contributed by atoms with Gasteiger partial charge in [-0.1, -0.05) is 6.07 Å². The van der Waals surface area contributed by atoms with Gasteiger partial charge in [-0.2, -0.15) is 13.2 Å². The van der Waals surface area contributed by atoms with Crippen molar-refractivity contribution in [1.29, 1.82) is 0 Å². The second-order valence-electron chi connectivity index (χ2n) is 6.62. The number of amides is 2. The summed E-state index contributed by atoms with van der Waals surface area (Å²) in [6.45, 7) is 2.29. The molecule has 1 aromatic carbocycles. The van der Waals surface area contributed by atoms with E-state index in [0.717, 1.165) is 37.4 Å². The second kappa shape index (κ2) is 7.01. The zero-order valence-corrected chi connectivity index (χ0v) is 13.4. The Kier molecular flexibility index (Phi) is 4.99. The molecule has 0 aromatic heterocycles. The van der Waals surface area contributed by atoms with Gasteiger partial charge in [0.2, 0.25) is 0 Å². The zero-order valence-electron chi connectivity index (χ0n) is 13.4. The number of carbonyl (C=O) groups is 1. The van der Waals surface area contributed by atoms with Crippen LogP contribution >= 0.6 is 0 Å². The number of nitrogens with one attached hydrogen (secondary N) is 2. The number of rotatable bonds is 4. The Labute approximate surface area is 139 Å². The van der Waals surface area contributed by atoms with Crippen LogP contribution in [0.3, 0.4) is 0 Å². The molecule has 7 heteroatoms. The van der Waals surface area contributed by atoms with Crippen LogP contribution in [0.4, 0.5) is 23.7 Å². The van der Waals surface area contributed by atoms with E-state index >= 15 is 0 Å². The van der Waals surface area contributed by atoms with Crippen molar-refractivity contribution in [3.05, 3.63) is 29.8 Å². The summed E-state index contributed by atoms with van der Waals surface area (Å²) in [6, 6.07) is 4.82. The number of nitrogens with zero attached hydrogens (tertiary/aromatic N) is 1. The fraction of sp³-hybridized carbons (Fsp3) is 0.588. The van der Waals surface area contributed by atoms with Gasteiger partial charge in [-0.15, -0.1) is 0 Å². The molecule has 1 heterocycles. The lowest BCUT2D eigenvalue weighted by Gasteiger charge is -2.32. The van der Waals surface area contributed by atoms with Crippen molar-refractivity contribution in [3.63, 3.8) is 0 Å². The quantitative estimate of drug-likeness (QED) is 0.877. The van der Waals surface area contributed by atoms with E-state index in [0.29, 0.717) is 19.1 Å². The van der Waals surface area contributed by atoms with Crippen molar-refractivity contribution >= 4 is 11.7 Å². The molecule has 0 unspecified atom stereocenters. The molecular formula is C17H22F3N3O. The van der Waals surface area contributed by atoms with Crippen LogP contribution in [-0.4, -0.2) is 36.6 Å². The van der Waals surface area contributed by atoms with E-state index < -0.39 is 11.7 Å². The number of urea groups is 1. The van der Waals surface area contributed by atoms with Gasteiger partial charge in [-0.25, -0.2) is 4.79 Å². The van der Waals surface area contributed by atoms with Crippen molar-refractivity contribution in [2.75, 3.05) is 25.0 Å². The molecule has 2 amide bonds. The predicted octanol–water partition coefficient (Wildman–Crippen LogP) is 3.70. The lowest BCUT2D eigenvalue weighted by Crippen LogP contribution is -2.46. The summed E-state index contributed by atoms with van der Waals surface area (Å²) in [5.41, 5.74) is -0.591. The average Bonchev–Trinajstić information content (AvgIpc) is 3.37. The van der Waals surface area contributed by atoms with Crippen LogP contribution < -0.4 is 10.6 Å². The van der Waals surface area contributed by atoms with Crippen LogP contribution in [0.25, 0.3) is 0 Å². The van der Waals surface area contributed by atoms with Crippen molar-refractivity contribution < 1.29 is 18.0 Å². The molecule has 0 bridgehead atoms. The van der Waals surface area contributed by atoms with Gasteiger partial charge in [0.1, 0.15) is 0 Å². The zero-order chi connectivity index (χ0) is 17.2. The van der Waals surface area contributed by atoms with Crippen LogP contribution in [0.2, 0.25) is 0 Å². The van der Waals surface area contributed by atoms with Crippen molar-refractivity contribution in [2.45, 2.75) is 37.9 Å². The molecule has 132 valence electrons. The minimum absolute atomic E-state index is 0.170. The van der Waals surface area contributed by atoms with Gasteiger partial charge in [0.15, 0.2) is 0 Å². The lowest BCUT2D eigenvalue weighted by atomic mass is 10.1. The lowest BCUT2D eigenvalue weighted by molar-refractivity contribution is -0.137. The first-order chi connectivity index (χ1) is 11.4. The molecule has 1 saturated carbocycles. The van der Waals surface area contributed by atoms with E-state index in [2.05, 4.69) is 10.6 Å². The molecule has 1 saturated heterocycles. The molecule has 2 fully saturated rings. The number of hydrogen-bond donors (Lipinski definition) is 2. The first-order valence-electron chi connectivity index (χ1n) is 8.38. The topological polar surface area (TPSA) is 44.4 Å².